The van der Waals surface area contributed by atoms with Crippen LogP contribution < -0.4 is 10.2 Å². The zero-order valence-electron chi connectivity index (χ0n) is 19.8. The minimum absolute atomic E-state index is 0.0186. The molecule has 3 aliphatic rings. The standard InChI is InChI=1S/C25H31F3N4O3/c1-35-11-8-23(33)31-9-6-16(7-10-31)20-14-32(15-21(20)24(34)30-18-3-4-18)19-5-2-17(13-29)22(12-19)25(26,27)28/h2,5,12,16,18,20-21H,3-4,6-11,14-15H2,1H3,(H,30,34)/t20-,21+/m0/s1. The second kappa shape index (κ2) is 10.4. The maximum atomic E-state index is 13.5. The lowest BCUT2D eigenvalue weighted by Gasteiger charge is -2.36. The summed E-state index contributed by atoms with van der Waals surface area (Å²) in [7, 11) is 1.56. The highest BCUT2D eigenvalue weighted by atomic mass is 19.4. The van der Waals surface area contributed by atoms with E-state index in [1.54, 1.807) is 13.2 Å². The Balaban J connectivity index is 1.50. The summed E-state index contributed by atoms with van der Waals surface area (Å²) in [5.74, 6) is -0.139. The Kier molecular flexibility index (Phi) is 7.55. The van der Waals surface area contributed by atoms with Crippen LogP contribution in [-0.4, -0.2) is 62.7 Å². The number of amides is 2. The summed E-state index contributed by atoms with van der Waals surface area (Å²) >= 11 is 0. The van der Waals surface area contributed by atoms with Gasteiger partial charge in [-0.1, -0.05) is 0 Å². The van der Waals surface area contributed by atoms with Crippen molar-refractivity contribution in [3.05, 3.63) is 29.3 Å². The predicted octanol–water partition coefficient (Wildman–Crippen LogP) is 3.18. The minimum Gasteiger partial charge on any atom is -0.384 e. The molecule has 2 saturated heterocycles. The Morgan fingerprint density at radius 1 is 1.17 bits per heavy atom. The Morgan fingerprint density at radius 2 is 1.89 bits per heavy atom. The number of alkyl halides is 3. The van der Waals surface area contributed by atoms with Crippen LogP contribution in [0.5, 0.6) is 0 Å². The van der Waals surface area contributed by atoms with Gasteiger partial charge in [-0.3, -0.25) is 9.59 Å². The van der Waals surface area contributed by atoms with Crippen molar-refractivity contribution in [2.24, 2.45) is 17.8 Å². The van der Waals surface area contributed by atoms with Crippen LogP contribution in [0.1, 0.15) is 43.2 Å². The lowest BCUT2D eigenvalue weighted by molar-refractivity contribution is -0.137. The average molecular weight is 493 g/mol. The molecule has 1 aromatic carbocycles. The fourth-order valence-electron chi connectivity index (χ4n) is 5.32. The van der Waals surface area contributed by atoms with Gasteiger partial charge in [0.05, 0.1) is 36.1 Å². The van der Waals surface area contributed by atoms with Crippen molar-refractivity contribution >= 4 is 17.5 Å². The number of carbonyl (C=O) groups excluding carboxylic acids is 2. The number of methoxy groups -OCH3 is 1. The Bertz CT molecular complexity index is 981. The Morgan fingerprint density at radius 3 is 2.49 bits per heavy atom. The number of nitrogens with zero attached hydrogens (tertiary/aromatic N) is 3. The topological polar surface area (TPSA) is 85.7 Å². The van der Waals surface area contributed by atoms with Crippen molar-refractivity contribution in [3.63, 3.8) is 0 Å². The monoisotopic (exact) mass is 492 g/mol. The summed E-state index contributed by atoms with van der Waals surface area (Å²) in [5, 5.41) is 12.2. The van der Waals surface area contributed by atoms with E-state index in [9.17, 15) is 22.8 Å². The maximum Gasteiger partial charge on any atom is 0.417 e. The molecule has 0 unspecified atom stereocenters. The summed E-state index contributed by atoms with van der Waals surface area (Å²) < 4.78 is 45.6. The van der Waals surface area contributed by atoms with Crippen LogP contribution in [0.3, 0.4) is 0 Å². The number of nitriles is 1. The highest BCUT2D eigenvalue weighted by Crippen LogP contribution is 2.40. The molecular weight excluding hydrogens is 461 g/mol. The molecule has 1 aliphatic carbocycles. The molecule has 35 heavy (non-hydrogen) atoms. The molecular formula is C25H31F3N4O3. The van der Waals surface area contributed by atoms with Gasteiger partial charge in [0.25, 0.3) is 0 Å². The lowest BCUT2D eigenvalue weighted by atomic mass is 9.78. The van der Waals surface area contributed by atoms with Gasteiger partial charge in [-0.15, -0.1) is 0 Å². The van der Waals surface area contributed by atoms with E-state index in [1.807, 2.05) is 9.80 Å². The second-order valence-electron chi connectivity index (χ2n) is 9.76. The summed E-state index contributed by atoms with van der Waals surface area (Å²) in [6, 6.07) is 5.57. The molecule has 7 nitrogen and oxygen atoms in total. The predicted molar refractivity (Wildman–Crippen MR) is 122 cm³/mol. The number of likely N-dealkylation sites (tertiary alicyclic amines) is 1. The van der Waals surface area contributed by atoms with Gasteiger partial charge in [0, 0.05) is 45.0 Å². The van der Waals surface area contributed by atoms with E-state index >= 15 is 0 Å². The molecule has 0 radical (unpaired) electrons. The van der Waals surface area contributed by atoms with E-state index in [0.717, 1.165) is 31.7 Å². The maximum absolute atomic E-state index is 13.5. The first-order valence-corrected chi connectivity index (χ1v) is 12.1. The Labute approximate surface area is 203 Å². The van der Waals surface area contributed by atoms with Crippen molar-refractivity contribution in [1.29, 1.82) is 5.26 Å². The van der Waals surface area contributed by atoms with Gasteiger partial charge in [-0.25, -0.2) is 0 Å². The average Bonchev–Trinajstić information content (AvgIpc) is 3.55. The molecule has 0 spiro atoms. The highest BCUT2D eigenvalue weighted by Gasteiger charge is 2.44. The zero-order chi connectivity index (χ0) is 25.2. The van der Waals surface area contributed by atoms with Gasteiger partial charge < -0.3 is 19.9 Å². The first-order chi connectivity index (χ1) is 16.7. The number of hydrogen-bond acceptors (Lipinski definition) is 5. The molecule has 4 rings (SSSR count). The van der Waals surface area contributed by atoms with Crippen molar-refractivity contribution in [3.8, 4) is 6.07 Å². The zero-order valence-corrected chi connectivity index (χ0v) is 19.8. The van der Waals surface area contributed by atoms with Crippen LogP contribution in [0.25, 0.3) is 0 Å². The fraction of sp³-hybridized carbons (Fsp3) is 0.640. The summed E-state index contributed by atoms with van der Waals surface area (Å²) in [4.78, 5) is 29.1. The van der Waals surface area contributed by atoms with Crippen LogP contribution in [0.2, 0.25) is 0 Å². The summed E-state index contributed by atoms with van der Waals surface area (Å²) in [6.07, 6.45) is -0.869. The molecule has 3 fully saturated rings. The molecule has 2 aliphatic heterocycles. The lowest BCUT2D eigenvalue weighted by Crippen LogP contribution is -2.43. The number of anilines is 1. The van der Waals surface area contributed by atoms with Gasteiger partial charge in [-0.2, -0.15) is 18.4 Å². The van der Waals surface area contributed by atoms with E-state index in [1.165, 1.54) is 12.1 Å². The summed E-state index contributed by atoms with van der Waals surface area (Å²) in [5.41, 5.74) is -0.997. The van der Waals surface area contributed by atoms with Gasteiger partial charge >= 0.3 is 6.18 Å². The smallest absolute Gasteiger partial charge is 0.384 e. The third kappa shape index (κ3) is 5.89. The van der Waals surface area contributed by atoms with Crippen molar-refractivity contribution in [2.45, 2.75) is 44.3 Å². The van der Waals surface area contributed by atoms with Crippen LogP contribution in [-0.2, 0) is 20.5 Å². The molecule has 1 saturated carbocycles. The molecule has 2 atom stereocenters. The second-order valence-corrected chi connectivity index (χ2v) is 9.76. The van der Waals surface area contributed by atoms with Crippen LogP contribution in [0, 0.1) is 29.1 Å². The molecule has 0 bridgehead atoms. The van der Waals surface area contributed by atoms with Crippen LogP contribution in [0.4, 0.5) is 18.9 Å². The van der Waals surface area contributed by atoms with Gasteiger partial charge in [0.1, 0.15) is 0 Å². The van der Waals surface area contributed by atoms with Gasteiger partial charge in [-0.05, 0) is 55.7 Å². The Hall–Kier alpha value is -2.80. The molecule has 1 N–H and O–H groups in total. The first kappa shape index (κ1) is 25.3. The van der Waals surface area contributed by atoms with Crippen molar-refractivity contribution in [2.75, 3.05) is 44.8 Å². The number of hydrogen-bond donors (Lipinski definition) is 1. The molecule has 2 heterocycles. The number of nitrogens with one attached hydrogen (secondary N) is 1. The van der Waals surface area contributed by atoms with E-state index in [4.69, 9.17) is 10.00 Å². The third-order valence-corrected chi connectivity index (χ3v) is 7.44. The number of halogens is 3. The largest absolute Gasteiger partial charge is 0.417 e. The van der Waals surface area contributed by atoms with E-state index in [2.05, 4.69) is 5.32 Å². The quantitative estimate of drug-likeness (QED) is 0.632. The SMILES string of the molecule is COCCC(=O)N1CCC([C@@H]2CN(c3ccc(C#N)c(C(F)(F)F)c3)C[C@H]2C(=O)NC2CC2)CC1. The number of carbonyl (C=O) groups is 2. The normalized spacial score (nSPS) is 23.3. The molecule has 1 aromatic rings. The highest BCUT2D eigenvalue weighted by molar-refractivity contribution is 5.81. The molecule has 190 valence electrons. The van der Waals surface area contributed by atoms with E-state index in [-0.39, 0.29) is 35.6 Å². The van der Waals surface area contributed by atoms with Gasteiger partial charge in [0.15, 0.2) is 0 Å². The van der Waals surface area contributed by atoms with Gasteiger partial charge in [0.2, 0.25) is 11.8 Å². The number of benzene rings is 1. The summed E-state index contributed by atoms with van der Waals surface area (Å²) in [6.45, 7) is 2.39. The molecule has 10 heteroatoms. The van der Waals surface area contributed by atoms with Crippen LogP contribution >= 0.6 is 0 Å². The number of ether oxygens (including phenoxy) is 1. The van der Waals surface area contributed by atoms with Crippen molar-refractivity contribution in [1.82, 2.24) is 10.2 Å². The van der Waals surface area contributed by atoms with E-state index in [0.29, 0.717) is 44.9 Å². The minimum atomic E-state index is -4.63. The number of rotatable bonds is 7. The first-order valence-electron chi connectivity index (χ1n) is 12.1. The third-order valence-electron chi connectivity index (χ3n) is 7.44. The number of piperidine rings is 1. The molecule has 2 amide bonds. The van der Waals surface area contributed by atoms with Crippen molar-refractivity contribution < 1.29 is 27.5 Å². The van der Waals surface area contributed by atoms with E-state index < -0.39 is 17.3 Å². The van der Waals surface area contributed by atoms with Crippen LogP contribution in [0.15, 0.2) is 18.2 Å². The fourth-order valence-corrected chi connectivity index (χ4v) is 5.32. The molecule has 0 aromatic heterocycles.